The molecule has 26 valence electrons. The fourth-order valence-corrected chi connectivity index (χ4v) is 0. The second-order valence-corrected chi connectivity index (χ2v) is 0. The molecule has 0 rings (SSSR count). The molecule has 0 heterocycles. The quantitative estimate of drug-likeness (QED) is 0.516. The third-order valence-electron chi connectivity index (χ3n) is 0. The summed E-state index contributed by atoms with van der Waals surface area (Å²) in [7, 11) is 0. The van der Waals surface area contributed by atoms with Crippen LogP contribution in [0, 0.1) is 0 Å². The van der Waals surface area contributed by atoms with E-state index in [-0.39, 0.29) is 106 Å². The van der Waals surface area contributed by atoms with Crippen LogP contribution >= 0.6 is 0 Å². The topological polar surface area (TPSA) is 0 Å². The molecule has 4 heavy (non-hydrogen) atoms. The average Bonchev–Trinajstić information content (AvgIpc) is 0. The van der Waals surface area contributed by atoms with E-state index in [2.05, 4.69) is 0 Å². The number of hydrogen-bond donors (Lipinski definition) is 0. The first kappa shape index (κ1) is 26.5. The van der Waals surface area contributed by atoms with Crippen LogP contribution < -0.4 is 0 Å². The maximum absolute atomic E-state index is 0. The van der Waals surface area contributed by atoms with Crippen LogP contribution in [-0.2, 0) is 54.3 Å². The third-order valence-corrected chi connectivity index (χ3v) is 0. The molecule has 0 aliphatic rings. The van der Waals surface area contributed by atoms with Gasteiger partial charge in [0.05, 0.1) is 0 Å². The van der Waals surface area contributed by atoms with E-state index in [1.807, 2.05) is 0 Å². The molecule has 0 nitrogen and oxygen atoms in total. The predicted octanol–water partition coefficient (Wildman–Crippen LogP) is -0.388. The molecule has 0 bridgehead atoms. The van der Waals surface area contributed by atoms with Crippen molar-refractivity contribution in [1.29, 1.82) is 0 Å². The zero-order valence-electron chi connectivity index (χ0n) is 2.06. The zero-order valence-corrected chi connectivity index (χ0v) is 9.22. The fourth-order valence-electron chi connectivity index (χ4n) is 0. The van der Waals surface area contributed by atoms with Crippen LogP contribution in [0.15, 0.2) is 0 Å². The van der Waals surface area contributed by atoms with Gasteiger partial charge in [0.15, 0.2) is 0 Å². The maximum Gasteiger partial charge on any atom is 0 e. The van der Waals surface area contributed by atoms with E-state index in [1.165, 1.54) is 0 Å². The van der Waals surface area contributed by atoms with Crippen molar-refractivity contribution in [2.75, 3.05) is 0 Å². The predicted molar refractivity (Wildman–Crippen MR) is 5.75 cm³/mol. The van der Waals surface area contributed by atoms with Crippen LogP contribution in [-0.4, -0.2) is 51.4 Å². The molecular weight excluding hydrogens is 253 g/mol. The first-order valence-electron chi connectivity index (χ1n) is 0. The van der Waals surface area contributed by atoms with Gasteiger partial charge in [-0.05, 0) is 0 Å². The molecule has 0 N–H and O–H groups in total. The van der Waals surface area contributed by atoms with Gasteiger partial charge in [0.1, 0.15) is 0 Å². The Kier molecular flexibility index (Phi) is 108. The monoisotopic (exact) mass is 254 g/mol. The van der Waals surface area contributed by atoms with Gasteiger partial charge < -0.3 is 0 Å². The van der Waals surface area contributed by atoms with E-state index in [9.17, 15) is 0 Å². The largest absolute Gasteiger partial charge is 0 e. The molecule has 0 aromatic rings. The van der Waals surface area contributed by atoms with Crippen molar-refractivity contribution in [2.24, 2.45) is 0 Å². The minimum Gasteiger partial charge on any atom is 0 e. The fraction of sp³-hybridized carbons (Fsp3) is 0. The maximum atomic E-state index is 0. The van der Waals surface area contributed by atoms with E-state index in [1.54, 1.807) is 0 Å². The van der Waals surface area contributed by atoms with Crippen LogP contribution in [0.4, 0.5) is 0 Å². The molecule has 0 spiro atoms. The van der Waals surface area contributed by atoms with Gasteiger partial charge in [0.25, 0.3) is 0 Å². The van der Waals surface area contributed by atoms with E-state index in [4.69, 9.17) is 0 Å². The summed E-state index contributed by atoms with van der Waals surface area (Å²) in [6.45, 7) is 0. The Hall–Kier alpha value is 3.32. The first-order chi connectivity index (χ1) is 0. The van der Waals surface area contributed by atoms with Gasteiger partial charge in [0, 0.05) is 106 Å². The van der Waals surface area contributed by atoms with Crippen LogP contribution in [0.1, 0.15) is 0 Å². The molecule has 0 aromatic carbocycles. The molecule has 0 saturated heterocycles. The Morgan fingerprint density at radius 1 is 1.00 bits per heavy atom. The van der Waals surface area contributed by atoms with Crippen molar-refractivity contribution < 1.29 is 54.3 Å². The number of hydrogen-bond acceptors (Lipinski definition) is 0. The minimum absolute atomic E-state index is 0. The summed E-state index contributed by atoms with van der Waals surface area (Å²) < 4.78 is 0. The molecule has 0 aliphatic heterocycles. The van der Waals surface area contributed by atoms with Gasteiger partial charge in [-0.25, -0.2) is 0 Å². The first-order valence-corrected chi connectivity index (χ1v) is 0. The van der Waals surface area contributed by atoms with E-state index < -0.39 is 0 Å². The van der Waals surface area contributed by atoms with Gasteiger partial charge >= 0.3 is 0 Å². The molecule has 0 saturated carbocycles. The summed E-state index contributed by atoms with van der Waals surface area (Å²) in [5.41, 5.74) is 0. The molecule has 0 aromatic heterocycles. The molecular formula is CoKMoNi. The van der Waals surface area contributed by atoms with Crippen molar-refractivity contribution in [3.63, 3.8) is 0 Å². The van der Waals surface area contributed by atoms with Crippen LogP contribution in [0.25, 0.3) is 0 Å². The van der Waals surface area contributed by atoms with Crippen LogP contribution in [0.3, 0.4) is 0 Å². The summed E-state index contributed by atoms with van der Waals surface area (Å²) >= 11 is 0. The van der Waals surface area contributed by atoms with Crippen molar-refractivity contribution in [2.45, 2.75) is 0 Å². The van der Waals surface area contributed by atoms with Gasteiger partial charge in [-0.3, -0.25) is 0 Å². The molecule has 0 amide bonds. The summed E-state index contributed by atoms with van der Waals surface area (Å²) in [6.07, 6.45) is 0. The van der Waals surface area contributed by atoms with Gasteiger partial charge in [-0.2, -0.15) is 0 Å². The Morgan fingerprint density at radius 2 is 1.00 bits per heavy atom. The second kappa shape index (κ2) is 16.2. The minimum atomic E-state index is 0. The van der Waals surface area contributed by atoms with Gasteiger partial charge in [-0.15, -0.1) is 0 Å². The Bertz CT molecular complexity index is 8.00. The van der Waals surface area contributed by atoms with E-state index >= 15 is 0 Å². The van der Waals surface area contributed by atoms with Crippen molar-refractivity contribution in [1.82, 2.24) is 0 Å². The molecule has 0 atom stereocenters. The standard InChI is InChI=1S/Co.K.Mo.Ni. The smallest absolute Gasteiger partial charge is 0 e. The molecule has 2 radical (unpaired) electrons. The Morgan fingerprint density at radius 3 is 1.00 bits per heavy atom. The van der Waals surface area contributed by atoms with Crippen molar-refractivity contribution >= 4 is 51.4 Å². The summed E-state index contributed by atoms with van der Waals surface area (Å²) in [5, 5.41) is 0. The van der Waals surface area contributed by atoms with Gasteiger partial charge in [0.2, 0.25) is 0 Å². The van der Waals surface area contributed by atoms with Gasteiger partial charge in [-0.1, -0.05) is 0 Å². The number of rotatable bonds is 0. The normalized spacial score (nSPS) is 0. The molecule has 0 fully saturated rings. The SMILES string of the molecule is [Co].[K].[Mo].[Ni]. The summed E-state index contributed by atoms with van der Waals surface area (Å²) in [6, 6.07) is 0. The van der Waals surface area contributed by atoms with E-state index in [0.29, 0.717) is 0 Å². The molecule has 4 heteroatoms. The Labute approximate surface area is 103 Å². The van der Waals surface area contributed by atoms with Crippen molar-refractivity contribution in [3.05, 3.63) is 0 Å². The van der Waals surface area contributed by atoms with Crippen LogP contribution in [0.2, 0.25) is 0 Å². The zero-order chi connectivity index (χ0) is 0. The Balaban J connectivity index is 0. The summed E-state index contributed by atoms with van der Waals surface area (Å²) in [4.78, 5) is 0. The second-order valence-electron chi connectivity index (χ2n) is 0. The third kappa shape index (κ3) is 9.01. The van der Waals surface area contributed by atoms with E-state index in [0.717, 1.165) is 0 Å². The average molecular weight is 253 g/mol. The van der Waals surface area contributed by atoms with Crippen LogP contribution in [0.5, 0.6) is 0 Å². The summed E-state index contributed by atoms with van der Waals surface area (Å²) in [5.74, 6) is 0. The molecule has 0 aliphatic carbocycles. The molecule has 0 unspecified atom stereocenters. The van der Waals surface area contributed by atoms with Crippen molar-refractivity contribution in [3.8, 4) is 0 Å².